The van der Waals surface area contributed by atoms with Crippen LogP contribution in [0.1, 0.15) is 96.8 Å². The summed E-state index contributed by atoms with van der Waals surface area (Å²) >= 11 is 0. The number of esters is 1. The van der Waals surface area contributed by atoms with Crippen LogP contribution < -0.4 is 5.32 Å². The smallest absolute Gasteiger partial charge is 0.305 e. The van der Waals surface area contributed by atoms with Crippen molar-refractivity contribution < 1.29 is 9.53 Å². The number of unbranched alkanes of at least 4 members (excludes halogenated alkanes) is 11. The average molecular weight is 340 g/mol. The standard InChI is InChI=1S/C21H41NO2/c1-3-4-5-6-7-8-9-10-11-12-13-14-15-16-17-18-21(23)24-20-19-22-2/h10-11,22H,3-9,12-20H2,1-2H3/b11-10-. The zero-order chi connectivity index (χ0) is 17.7. The molecule has 3 heteroatoms. The van der Waals surface area contributed by atoms with E-state index in [0.717, 1.165) is 19.4 Å². The molecule has 1 N–H and O–H groups in total. The van der Waals surface area contributed by atoms with E-state index in [0.29, 0.717) is 13.0 Å². The van der Waals surface area contributed by atoms with Crippen molar-refractivity contribution in [3.63, 3.8) is 0 Å². The van der Waals surface area contributed by atoms with Gasteiger partial charge in [-0.05, 0) is 39.2 Å². The molecular weight excluding hydrogens is 298 g/mol. The van der Waals surface area contributed by atoms with Crippen LogP contribution in [0.5, 0.6) is 0 Å². The summed E-state index contributed by atoms with van der Waals surface area (Å²) in [6.07, 6.45) is 21.9. The molecule has 0 aromatic carbocycles. The molecule has 142 valence electrons. The second-order valence-corrected chi connectivity index (χ2v) is 6.66. The Morgan fingerprint density at radius 2 is 1.38 bits per heavy atom. The van der Waals surface area contributed by atoms with Crippen molar-refractivity contribution in [2.45, 2.75) is 96.8 Å². The summed E-state index contributed by atoms with van der Waals surface area (Å²) in [7, 11) is 1.86. The van der Waals surface area contributed by atoms with E-state index in [1.165, 1.54) is 70.6 Å². The van der Waals surface area contributed by atoms with E-state index < -0.39 is 0 Å². The molecule has 0 radical (unpaired) electrons. The van der Waals surface area contributed by atoms with Crippen molar-refractivity contribution in [2.24, 2.45) is 0 Å². The zero-order valence-electron chi connectivity index (χ0n) is 16.3. The quantitative estimate of drug-likeness (QED) is 0.195. The van der Waals surface area contributed by atoms with Crippen LogP contribution in [0.4, 0.5) is 0 Å². The SMILES string of the molecule is CCCCCCCC/C=C\CCCCCCCC(=O)OCCNC. The van der Waals surface area contributed by atoms with Crippen LogP contribution in [0.15, 0.2) is 12.2 Å². The van der Waals surface area contributed by atoms with Gasteiger partial charge in [0.25, 0.3) is 0 Å². The minimum atomic E-state index is -0.0529. The van der Waals surface area contributed by atoms with Crippen LogP contribution >= 0.6 is 0 Å². The van der Waals surface area contributed by atoms with Crippen LogP contribution in [0, 0.1) is 0 Å². The summed E-state index contributed by atoms with van der Waals surface area (Å²) in [6, 6.07) is 0. The molecule has 0 aliphatic carbocycles. The number of carbonyl (C=O) groups is 1. The molecule has 0 bridgehead atoms. The van der Waals surface area contributed by atoms with Gasteiger partial charge in [0, 0.05) is 13.0 Å². The summed E-state index contributed by atoms with van der Waals surface area (Å²) in [6.45, 7) is 3.49. The molecular formula is C21H41NO2. The van der Waals surface area contributed by atoms with Crippen molar-refractivity contribution in [2.75, 3.05) is 20.2 Å². The van der Waals surface area contributed by atoms with Crippen LogP contribution in [0.2, 0.25) is 0 Å². The normalized spacial score (nSPS) is 11.2. The lowest BCUT2D eigenvalue weighted by Gasteiger charge is -2.04. The lowest BCUT2D eigenvalue weighted by molar-refractivity contribution is -0.143. The molecule has 0 rings (SSSR count). The van der Waals surface area contributed by atoms with Crippen LogP contribution in [-0.4, -0.2) is 26.2 Å². The Bertz CT molecular complexity index is 290. The van der Waals surface area contributed by atoms with Gasteiger partial charge in [0.2, 0.25) is 0 Å². The molecule has 0 aliphatic rings. The van der Waals surface area contributed by atoms with E-state index in [1.54, 1.807) is 0 Å². The van der Waals surface area contributed by atoms with Crippen LogP contribution in [-0.2, 0) is 9.53 Å². The van der Waals surface area contributed by atoms with Crippen molar-refractivity contribution in [1.82, 2.24) is 5.32 Å². The first-order valence-electron chi connectivity index (χ1n) is 10.3. The van der Waals surface area contributed by atoms with Gasteiger partial charge in [0.15, 0.2) is 0 Å². The average Bonchev–Trinajstić information content (AvgIpc) is 2.58. The molecule has 0 atom stereocenters. The third-order valence-corrected chi connectivity index (χ3v) is 4.26. The largest absolute Gasteiger partial charge is 0.464 e. The van der Waals surface area contributed by atoms with Gasteiger partial charge >= 0.3 is 5.97 Å². The molecule has 0 aromatic heterocycles. The minimum absolute atomic E-state index is 0.0529. The van der Waals surface area contributed by atoms with Gasteiger partial charge in [-0.25, -0.2) is 0 Å². The van der Waals surface area contributed by atoms with E-state index in [9.17, 15) is 4.79 Å². The molecule has 0 amide bonds. The lowest BCUT2D eigenvalue weighted by Crippen LogP contribution is -2.17. The number of hydrogen-bond donors (Lipinski definition) is 1. The topological polar surface area (TPSA) is 38.3 Å². The number of allylic oxidation sites excluding steroid dienone is 2. The van der Waals surface area contributed by atoms with Crippen molar-refractivity contribution >= 4 is 5.97 Å². The van der Waals surface area contributed by atoms with E-state index >= 15 is 0 Å². The lowest BCUT2D eigenvalue weighted by atomic mass is 10.1. The predicted molar refractivity (Wildman–Crippen MR) is 104 cm³/mol. The van der Waals surface area contributed by atoms with Crippen LogP contribution in [0.25, 0.3) is 0 Å². The third kappa shape index (κ3) is 19.2. The number of nitrogens with one attached hydrogen (secondary N) is 1. The Morgan fingerprint density at radius 3 is 1.96 bits per heavy atom. The van der Waals surface area contributed by atoms with Gasteiger partial charge in [-0.15, -0.1) is 0 Å². The van der Waals surface area contributed by atoms with Gasteiger partial charge in [-0.3, -0.25) is 4.79 Å². The van der Waals surface area contributed by atoms with Gasteiger partial charge in [0.05, 0.1) is 0 Å². The summed E-state index contributed by atoms with van der Waals surface area (Å²) in [5.74, 6) is -0.0529. The molecule has 0 saturated heterocycles. The third-order valence-electron chi connectivity index (χ3n) is 4.26. The summed E-state index contributed by atoms with van der Waals surface area (Å²) in [5.41, 5.74) is 0. The fraction of sp³-hybridized carbons (Fsp3) is 0.857. The van der Waals surface area contributed by atoms with Gasteiger partial charge < -0.3 is 10.1 Å². The molecule has 3 nitrogen and oxygen atoms in total. The maximum absolute atomic E-state index is 11.4. The molecule has 0 fully saturated rings. The Morgan fingerprint density at radius 1 is 0.833 bits per heavy atom. The Balaban J connectivity index is 3.16. The highest BCUT2D eigenvalue weighted by Crippen LogP contribution is 2.10. The van der Waals surface area contributed by atoms with Crippen molar-refractivity contribution in [1.29, 1.82) is 0 Å². The first-order valence-corrected chi connectivity index (χ1v) is 10.3. The highest BCUT2D eigenvalue weighted by Gasteiger charge is 2.01. The fourth-order valence-corrected chi connectivity index (χ4v) is 2.68. The Kier molecular flexibility index (Phi) is 19.5. The molecule has 0 aliphatic heterocycles. The number of ether oxygens (including phenoxy) is 1. The fourth-order valence-electron chi connectivity index (χ4n) is 2.68. The van der Waals surface area contributed by atoms with E-state index in [1.807, 2.05) is 7.05 Å². The van der Waals surface area contributed by atoms with Gasteiger partial charge in [0.1, 0.15) is 6.61 Å². The highest BCUT2D eigenvalue weighted by molar-refractivity contribution is 5.69. The second kappa shape index (κ2) is 20.2. The van der Waals surface area contributed by atoms with Crippen molar-refractivity contribution in [3.05, 3.63) is 12.2 Å². The second-order valence-electron chi connectivity index (χ2n) is 6.66. The molecule has 24 heavy (non-hydrogen) atoms. The first kappa shape index (κ1) is 23.2. The molecule has 0 aromatic rings. The van der Waals surface area contributed by atoms with E-state index in [2.05, 4.69) is 24.4 Å². The number of hydrogen-bond acceptors (Lipinski definition) is 3. The number of likely N-dealkylation sites (N-methyl/N-ethyl adjacent to an activating group) is 1. The summed E-state index contributed by atoms with van der Waals surface area (Å²) in [4.78, 5) is 11.4. The molecule has 0 spiro atoms. The Hall–Kier alpha value is -0.830. The maximum atomic E-state index is 11.4. The number of rotatable bonds is 18. The van der Waals surface area contributed by atoms with Crippen molar-refractivity contribution in [3.8, 4) is 0 Å². The maximum Gasteiger partial charge on any atom is 0.305 e. The van der Waals surface area contributed by atoms with Gasteiger partial charge in [-0.1, -0.05) is 70.4 Å². The van der Waals surface area contributed by atoms with E-state index in [-0.39, 0.29) is 5.97 Å². The first-order chi connectivity index (χ1) is 11.8. The Labute approximate surface area is 150 Å². The monoisotopic (exact) mass is 339 g/mol. The highest BCUT2D eigenvalue weighted by atomic mass is 16.5. The summed E-state index contributed by atoms with van der Waals surface area (Å²) < 4.78 is 5.09. The van der Waals surface area contributed by atoms with Gasteiger partial charge in [-0.2, -0.15) is 0 Å². The molecule has 0 unspecified atom stereocenters. The molecule has 0 heterocycles. The predicted octanol–water partition coefficient (Wildman–Crippen LogP) is 5.79. The molecule has 0 saturated carbocycles. The minimum Gasteiger partial charge on any atom is -0.464 e. The number of carbonyl (C=O) groups excluding carboxylic acids is 1. The van der Waals surface area contributed by atoms with Crippen LogP contribution in [0.3, 0.4) is 0 Å². The summed E-state index contributed by atoms with van der Waals surface area (Å²) in [5, 5.41) is 2.96. The van der Waals surface area contributed by atoms with E-state index in [4.69, 9.17) is 4.74 Å². The zero-order valence-corrected chi connectivity index (χ0v) is 16.3.